The summed E-state index contributed by atoms with van der Waals surface area (Å²) in [6, 6.07) is 16.9. The zero-order valence-electron chi connectivity index (χ0n) is 14.9. The molecule has 0 unspecified atom stereocenters. The molecule has 2 aromatic carbocycles. The fourth-order valence-electron chi connectivity index (χ4n) is 2.81. The number of para-hydroxylation sites is 1. The average Bonchev–Trinajstić information content (AvgIpc) is 2.66. The Labute approximate surface area is 165 Å². The monoisotopic (exact) mass is 424 g/mol. The zero-order chi connectivity index (χ0) is 19.4. The highest BCUT2D eigenvalue weighted by molar-refractivity contribution is 9.10. The van der Waals surface area contributed by atoms with Crippen molar-refractivity contribution >= 4 is 15.9 Å². The van der Waals surface area contributed by atoms with Crippen LogP contribution >= 0.6 is 15.9 Å². The maximum Gasteiger partial charge on any atom is 0.266 e. The molecule has 27 heavy (non-hydrogen) atoms. The van der Waals surface area contributed by atoms with Crippen molar-refractivity contribution in [2.45, 2.75) is 13.5 Å². The van der Waals surface area contributed by atoms with Crippen molar-refractivity contribution in [2.75, 3.05) is 7.11 Å². The largest absolute Gasteiger partial charge is 0.493 e. The highest BCUT2D eigenvalue weighted by atomic mass is 79.9. The average molecular weight is 425 g/mol. The van der Waals surface area contributed by atoms with Gasteiger partial charge in [-0.25, -0.2) is 0 Å². The first-order chi connectivity index (χ1) is 13.0. The Morgan fingerprint density at radius 2 is 1.93 bits per heavy atom. The van der Waals surface area contributed by atoms with Gasteiger partial charge in [-0.05, 0) is 25.1 Å². The third kappa shape index (κ3) is 3.88. The molecule has 0 radical (unpaired) electrons. The van der Waals surface area contributed by atoms with E-state index in [1.165, 1.54) is 0 Å². The second-order valence-corrected chi connectivity index (χ2v) is 6.75. The van der Waals surface area contributed by atoms with E-state index in [0.29, 0.717) is 34.9 Å². The van der Waals surface area contributed by atoms with Gasteiger partial charge < -0.3 is 14.5 Å². The number of nitrogens with one attached hydrogen (secondary N) is 1. The number of H-pyrrole nitrogens is 1. The molecule has 0 saturated carbocycles. The molecule has 0 spiro atoms. The van der Waals surface area contributed by atoms with Crippen molar-refractivity contribution in [1.82, 2.24) is 4.98 Å². The number of ether oxygens (including phenoxy) is 2. The van der Waals surface area contributed by atoms with Gasteiger partial charge in [0.05, 0.1) is 7.11 Å². The van der Waals surface area contributed by atoms with E-state index in [2.05, 4.69) is 20.9 Å². The summed E-state index contributed by atoms with van der Waals surface area (Å²) in [6.07, 6.45) is 0. The lowest BCUT2D eigenvalue weighted by Crippen LogP contribution is -2.13. The van der Waals surface area contributed by atoms with Crippen LogP contribution in [0, 0.1) is 18.3 Å². The van der Waals surface area contributed by atoms with Crippen LogP contribution in [0.2, 0.25) is 0 Å². The van der Waals surface area contributed by atoms with Crippen LogP contribution in [0.1, 0.15) is 16.8 Å². The molecular formula is C21H17BrN2O3. The summed E-state index contributed by atoms with van der Waals surface area (Å²) < 4.78 is 12.5. The Bertz CT molecular complexity index is 1080. The lowest BCUT2D eigenvalue weighted by atomic mass is 9.99. The normalized spacial score (nSPS) is 10.3. The Balaban J connectivity index is 2.12. The lowest BCUT2D eigenvalue weighted by molar-refractivity contribution is 0.285. The minimum Gasteiger partial charge on any atom is -0.493 e. The van der Waals surface area contributed by atoms with Crippen LogP contribution in [0.25, 0.3) is 11.1 Å². The summed E-state index contributed by atoms with van der Waals surface area (Å²) in [5.41, 5.74) is 2.39. The second kappa shape index (κ2) is 8.11. The predicted octanol–water partition coefficient (Wildman–Crippen LogP) is 4.57. The van der Waals surface area contributed by atoms with Crippen LogP contribution in [0.4, 0.5) is 0 Å². The van der Waals surface area contributed by atoms with Crippen molar-refractivity contribution in [3.63, 3.8) is 0 Å². The number of hydrogen-bond acceptors (Lipinski definition) is 4. The molecule has 0 aliphatic rings. The van der Waals surface area contributed by atoms with Gasteiger partial charge in [0.15, 0.2) is 11.5 Å². The van der Waals surface area contributed by atoms with Crippen LogP contribution < -0.4 is 15.0 Å². The number of methoxy groups -OCH3 is 1. The smallest absolute Gasteiger partial charge is 0.266 e. The maximum atomic E-state index is 12.2. The van der Waals surface area contributed by atoms with Gasteiger partial charge >= 0.3 is 0 Å². The molecule has 0 saturated heterocycles. The minimum absolute atomic E-state index is 0.0413. The highest BCUT2D eigenvalue weighted by Crippen LogP contribution is 2.39. The lowest BCUT2D eigenvalue weighted by Gasteiger charge is -2.16. The standard InChI is InChI=1S/C21H17BrN2O3/c1-13-10-16(17(11-23)21(25)24-13)15-7-5-9-19(26-2)20(15)27-12-14-6-3-4-8-18(14)22/h3-10H,12H2,1-2H3,(H,24,25). The molecule has 0 atom stereocenters. The van der Waals surface area contributed by atoms with Crippen LogP contribution in [0.15, 0.2) is 57.8 Å². The number of aromatic amines is 1. The number of rotatable bonds is 5. The molecule has 1 heterocycles. The van der Waals surface area contributed by atoms with E-state index in [-0.39, 0.29) is 5.56 Å². The number of benzene rings is 2. The summed E-state index contributed by atoms with van der Waals surface area (Å²) in [5, 5.41) is 9.46. The van der Waals surface area contributed by atoms with Crippen molar-refractivity contribution in [1.29, 1.82) is 5.26 Å². The molecule has 0 aliphatic carbocycles. The molecule has 0 aliphatic heterocycles. The fourth-order valence-corrected chi connectivity index (χ4v) is 3.21. The van der Waals surface area contributed by atoms with Crippen LogP contribution in [0.5, 0.6) is 11.5 Å². The summed E-state index contributed by atoms with van der Waals surface area (Å²) in [7, 11) is 1.55. The SMILES string of the molecule is COc1cccc(-c2cc(C)[nH]c(=O)c2C#N)c1OCc1ccccc1Br. The van der Waals surface area contributed by atoms with Crippen molar-refractivity contribution in [3.05, 3.63) is 80.2 Å². The van der Waals surface area contributed by atoms with E-state index in [9.17, 15) is 10.1 Å². The molecule has 3 rings (SSSR count). The van der Waals surface area contributed by atoms with Crippen molar-refractivity contribution in [3.8, 4) is 28.7 Å². The molecular weight excluding hydrogens is 408 g/mol. The molecule has 1 N–H and O–H groups in total. The van der Waals surface area contributed by atoms with Crippen LogP contribution in [0.3, 0.4) is 0 Å². The first-order valence-electron chi connectivity index (χ1n) is 8.22. The first kappa shape index (κ1) is 18.7. The number of halogens is 1. The van der Waals surface area contributed by atoms with Gasteiger partial charge in [0, 0.05) is 26.9 Å². The van der Waals surface area contributed by atoms with Gasteiger partial charge in [-0.2, -0.15) is 5.26 Å². The predicted molar refractivity (Wildman–Crippen MR) is 107 cm³/mol. The highest BCUT2D eigenvalue weighted by Gasteiger charge is 2.18. The molecule has 6 heteroatoms. The number of aromatic nitrogens is 1. The van der Waals surface area contributed by atoms with Gasteiger partial charge in [0.25, 0.3) is 5.56 Å². The molecule has 1 aromatic heterocycles. The third-order valence-electron chi connectivity index (χ3n) is 4.10. The summed E-state index contributed by atoms with van der Waals surface area (Å²) in [4.78, 5) is 14.9. The number of nitriles is 1. The summed E-state index contributed by atoms with van der Waals surface area (Å²) >= 11 is 3.51. The molecule has 136 valence electrons. The van der Waals surface area contributed by atoms with Crippen LogP contribution in [-0.2, 0) is 6.61 Å². The molecule has 0 fully saturated rings. The Kier molecular flexibility index (Phi) is 5.63. The van der Waals surface area contributed by atoms with E-state index in [0.717, 1.165) is 10.0 Å². The molecule has 0 amide bonds. The minimum atomic E-state index is -0.424. The number of pyridine rings is 1. The Morgan fingerprint density at radius 3 is 2.63 bits per heavy atom. The topological polar surface area (TPSA) is 75.1 Å². The number of aryl methyl sites for hydroxylation is 1. The molecule has 5 nitrogen and oxygen atoms in total. The van der Waals surface area contributed by atoms with Gasteiger partial charge in [-0.3, -0.25) is 4.79 Å². The number of hydrogen-bond donors (Lipinski definition) is 1. The van der Waals surface area contributed by atoms with Gasteiger partial charge in [-0.1, -0.05) is 46.3 Å². The van der Waals surface area contributed by atoms with Gasteiger partial charge in [-0.15, -0.1) is 0 Å². The molecule has 0 bridgehead atoms. The quantitative estimate of drug-likeness (QED) is 0.650. The number of nitrogens with zero attached hydrogens (tertiary/aromatic N) is 1. The maximum absolute atomic E-state index is 12.2. The van der Waals surface area contributed by atoms with E-state index >= 15 is 0 Å². The third-order valence-corrected chi connectivity index (χ3v) is 4.87. The summed E-state index contributed by atoms with van der Waals surface area (Å²) in [5.74, 6) is 1.01. The Hall–Kier alpha value is -3.04. The second-order valence-electron chi connectivity index (χ2n) is 5.90. The van der Waals surface area contributed by atoms with E-state index in [1.807, 2.05) is 36.4 Å². The Morgan fingerprint density at radius 1 is 1.15 bits per heavy atom. The van der Waals surface area contributed by atoms with E-state index in [4.69, 9.17) is 9.47 Å². The van der Waals surface area contributed by atoms with Gasteiger partial charge in [0.2, 0.25) is 0 Å². The van der Waals surface area contributed by atoms with Crippen LogP contribution in [-0.4, -0.2) is 12.1 Å². The first-order valence-corrected chi connectivity index (χ1v) is 9.02. The van der Waals surface area contributed by atoms with Gasteiger partial charge in [0.1, 0.15) is 18.2 Å². The fraction of sp³-hybridized carbons (Fsp3) is 0.143. The molecule has 3 aromatic rings. The zero-order valence-corrected chi connectivity index (χ0v) is 16.5. The summed E-state index contributed by atoms with van der Waals surface area (Å²) in [6.45, 7) is 2.08. The van der Waals surface area contributed by atoms with Crippen molar-refractivity contribution in [2.24, 2.45) is 0 Å². The van der Waals surface area contributed by atoms with Crippen molar-refractivity contribution < 1.29 is 9.47 Å². The van der Waals surface area contributed by atoms with E-state index in [1.54, 1.807) is 32.2 Å². The van der Waals surface area contributed by atoms with E-state index < -0.39 is 5.56 Å².